The van der Waals surface area contributed by atoms with Crippen LogP contribution in [0.15, 0.2) is 35.3 Å². The van der Waals surface area contributed by atoms with Crippen LogP contribution in [-0.4, -0.2) is 53.3 Å². The molecule has 2 saturated heterocycles. The lowest BCUT2D eigenvalue weighted by molar-refractivity contribution is -0.843. The Hall–Kier alpha value is -0.620. The van der Waals surface area contributed by atoms with Crippen molar-refractivity contribution >= 4 is 11.8 Å². The van der Waals surface area contributed by atoms with Crippen molar-refractivity contribution in [1.82, 2.24) is 4.90 Å². The molecule has 31 heavy (non-hydrogen) atoms. The van der Waals surface area contributed by atoms with Gasteiger partial charge in [-0.25, -0.2) is 4.39 Å². The van der Waals surface area contributed by atoms with E-state index in [-0.39, 0.29) is 15.9 Å². The normalized spacial score (nSPS) is 40.5. The van der Waals surface area contributed by atoms with Crippen molar-refractivity contribution < 1.29 is 9.04 Å². The molecule has 3 aliphatic heterocycles. The zero-order valence-electron chi connectivity index (χ0n) is 18.7. The summed E-state index contributed by atoms with van der Waals surface area (Å²) in [5, 5.41) is 14.2. The van der Waals surface area contributed by atoms with E-state index in [0.29, 0.717) is 25.4 Å². The van der Waals surface area contributed by atoms with Gasteiger partial charge in [-0.15, -0.1) is 0 Å². The number of rotatable bonds is 3. The molecule has 4 fully saturated rings. The van der Waals surface area contributed by atoms with Gasteiger partial charge in [0, 0.05) is 29.0 Å². The quantitative estimate of drug-likeness (QED) is 0.407. The molecular formula is C26H37FN2OS. The first-order valence-corrected chi connectivity index (χ1v) is 13.9. The molecule has 0 aromatic heterocycles. The summed E-state index contributed by atoms with van der Waals surface area (Å²) in [5.74, 6) is 5.01. The predicted molar refractivity (Wildman–Crippen MR) is 126 cm³/mol. The van der Waals surface area contributed by atoms with Gasteiger partial charge in [0.25, 0.3) is 0 Å². The van der Waals surface area contributed by atoms with Crippen molar-refractivity contribution in [3.05, 3.63) is 40.5 Å². The molecule has 4 atom stereocenters. The third-order valence-corrected chi connectivity index (χ3v) is 10.9. The summed E-state index contributed by atoms with van der Waals surface area (Å²) in [6.45, 7) is 3.65. The van der Waals surface area contributed by atoms with Crippen LogP contribution in [-0.2, 0) is 0 Å². The summed E-state index contributed by atoms with van der Waals surface area (Å²) in [6.07, 6.45) is 15.8. The minimum absolute atomic E-state index is 0.00991. The van der Waals surface area contributed by atoms with Crippen molar-refractivity contribution in [2.45, 2.75) is 63.8 Å². The standard InChI is InChI=1S/C26H37FN2OS/c27-22-4-6-24-25(7-5-22)29(30,16-19-2-1-3-19)18-26(24)9-11-28(12-10-26)23-14-20-8-13-31-17-21(20)15-23/h4-5,7,19-21,23H,1-3,6,8-18H2/t20-,21?,23?,29?/m1/s1. The highest BCUT2D eigenvalue weighted by atomic mass is 32.2. The summed E-state index contributed by atoms with van der Waals surface area (Å²) in [4.78, 5) is 2.77. The van der Waals surface area contributed by atoms with E-state index in [9.17, 15) is 9.60 Å². The second-order valence-electron chi connectivity index (χ2n) is 11.3. The Bertz CT molecular complexity index is 796. The SMILES string of the molecule is [O-][N+]1(CC2CCC2)CC2(CCN(C3CC4CSCC[C@@H]4C3)CC2)C2=C1C=CC(F)=CC2. The second-order valence-corrected chi connectivity index (χ2v) is 12.5. The molecule has 3 heterocycles. The second kappa shape index (κ2) is 8.00. The highest BCUT2D eigenvalue weighted by molar-refractivity contribution is 7.99. The number of hydrogen-bond acceptors (Lipinski definition) is 3. The molecule has 1 spiro atoms. The van der Waals surface area contributed by atoms with E-state index in [1.807, 2.05) is 6.08 Å². The molecule has 5 heteroatoms. The van der Waals surface area contributed by atoms with Gasteiger partial charge in [0.15, 0.2) is 0 Å². The van der Waals surface area contributed by atoms with Crippen LogP contribution in [0.25, 0.3) is 0 Å². The molecule has 6 rings (SSSR count). The number of likely N-dealkylation sites (tertiary alicyclic amines) is 1. The number of thioether (sulfide) groups is 1. The topological polar surface area (TPSA) is 26.3 Å². The van der Waals surface area contributed by atoms with Crippen LogP contribution in [0.5, 0.6) is 0 Å². The van der Waals surface area contributed by atoms with Gasteiger partial charge >= 0.3 is 0 Å². The summed E-state index contributed by atoms with van der Waals surface area (Å²) < 4.78 is 13.9. The third-order valence-electron chi connectivity index (χ3n) is 9.68. The molecule has 0 N–H and O–H groups in total. The van der Waals surface area contributed by atoms with E-state index in [0.717, 1.165) is 49.5 Å². The Balaban J connectivity index is 1.20. The molecule has 0 amide bonds. The number of fused-ring (bicyclic) bond motifs is 2. The number of halogens is 1. The molecule has 3 unspecified atom stereocenters. The summed E-state index contributed by atoms with van der Waals surface area (Å²) in [5.41, 5.74) is 2.18. The monoisotopic (exact) mass is 444 g/mol. The van der Waals surface area contributed by atoms with Crippen molar-refractivity contribution in [2.24, 2.45) is 23.2 Å². The van der Waals surface area contributed by atoms with Crippen LogP contribution >= 0.6 is 11.8 Å². The number of hydrogen-bond donors (Lipinski definition) is 0. The van der Waals surface area contributed by atoms with Gasteiger partial charge in [-0.3, -0.25) is 0 Å². The van der Waals surface area contributed by atoms with Crippen molar-refractivity contribution in [3.8, 4) is 0 Å². The predicted octanol–water partition coefficient (Wildman–Crippen LogP) is 5.80. The Morgan fingerprint density at radius 2 is 1.94 bits per heavy atom. The Morgan fingerprint density at radius 3 is 2.68 bits per heavy atom. The number of quaternary nitrogens is 1. The number of allylic oxidation sites excluding steroid dienone is 4. The average molecular weight is 445 g/mol. The van der Waals surface area contributed by atoms with Crippen LogP contribution in [0.2, 0.25) is 0 Å². The lowest BCUT2D eigenvalue weighted by Crippen LogP contribution is -2.51. The Morgan fingerprint density at radius 1 is 1.13 bits per heavy atom. The molecule has 3 aliphatic carbocycles. The maximum atomic E-state index is 14.2. The van der Waals surface area contributed by atoms with Gasteiger partial charge in [-0.05, 0) is 99.9 Å². The van der Waals surface area contributed by atoms with Crippen LogP contribution < -0.4 is 0 Å². The fourth-order valence-corrected chi connectivity index (χ4v) is 9.06. The zero-order valence-corrected chi connectivity index (χ0v) is 19.6. The van der Waals surface area contributed by atoms with Crippen LogP contribution in [0.1, 0.15) is 57.8 Å². The van der Waals surface area contributed by atoms with E-state index in [2.05, 4.69) is 16.7 Å². The van der Waals surface area contributed by atoms with E-state index in [1.54, 1.807) is 12.2 Å². The highest BCUT2D eigenvalue weighted by Gasteiger charge is 2.53. The molecule has 2 saturated carbocycles. The van der Waals surface area contributed by atoms with Gasteiger partial charge in [-0.1, -0.05) is 6.42 Å². The zero-order chi connectivity index (χ0) is 21.1. The van der Waals surface area contributed by atoms with Gasteiger partial charge in [0.05, 0.1) is 13.1 Å². The minimum Gasteiger partial charge on any atom is -0.627 e. The average Bonchev–Trinajstić information content (AvgIpc) is 3.17. The first-order chi connectivity index (χ1) is 15.0. The Kier molecular flexibility index (Phi) is 5.41. The number of nitrogens with zero attached hydrogens (tertiary/aromatic N) is 2. The van der Waals surface area contributed by atoms with Crippen LogP contribution in [0.3, 0.4) is 0 Å². The van der Waals surface area contributed by atoms with Crippen molar-refractivity contribution in [3.63, 3.8) is 0 Å². The van der Waals surface area contributed by atoms with Gasteiger partial charge in [-0.2, -0.15) is 11.8 Å². The fraction of sp³-hybridized carbons (Fsp3) is 0.769. The molecule has 6 aliphatic rings. The number of hydroxylamine groups is 3. The first kappa shape index (κ1) is 20.9. The number of piperidine rings is 1. The van der Waals surface area contributed by atoms with E-state index in [4.69, 9.17) is 0 Å². The Labute approximate surface area is 191 Å². The van der Waals surface area contributed by atoms with Crippen molar-refractivity contribution in [1.29, 1.82) is 0 Å². The van der Waals surface area contributed by atoms with E-state index < -0.39 is 0 Å². The van der Waals surface area contributed by atoms with Gasteiger partial charge in [0.2, 0.25) is 0 Å². The highest BCUT2D eigenvalue weighted by Crippen LogP contribution is 2.54. The molecule has 170 valence electrons. The largest absolute Gasteiger partial charge is 0.627 e. The third kappa shape index (κ3) is 3.68. The first-order valence-electron chi connectivity index (χ1n) is 12.7. The van der Waals surface area contributed by atoms with Gasteiger partial charge < -0.3 is 14.8 Å². The molecule has 0 bridgehead atoms. The molecule has 3 nitrogen and oxygen atoms in total. The molecule has 0 radical (unpaired) electrons. The maximum Gasteiger partial charge on any atom is 0.133 e. The lowest BCUT2D eigenvalue weighted by Gasteiger charge is -2.48. The van der Waals surface area contributed by atoms with Crippen LogP contribution in [0, 0.1) is 28.4 Å². The molecular weight excluding hydrogens is 407 g/mol. The minimum atomic E-state index is -0.192. The van der Waals surface area contributed by atoms with Crippen LogP contribution in [0.4, 0.5) is 4.39 Å². The summed E-state index contributed by atoms with van der Waals surface area (Å²) in [6, 6.07) is 0.758. The lowest BCUT2D eigenvalue weighted by atomic mass is 9.72. The van der Waals surface area contributed by atoms with Crippen molar-refractivity contribution in [2.75, 3.05) is 37.7 Å². The van der Waals surface area contributed by atoms with E-state index >= 15 is 0 Å². The maximum absolute atomic E-state index is 14.2. The van der Waals surface area contributed by atoms with Gasteiger partial charge in [0.1, 0.15) is 11.5 Å². The smallest absolute Gasteiger partial charge is 0.133 e. The molecule has 0 aromatic carbocycles. The summed E-state index contributed by atoms with van der Waals surface area (Å²) in [7, 11) is 0. The molecule has 0 aromatic rings. The van der Waals surface area contributed by atoms with E-state index in [1.165, 1.54) is 55.6 Å². The summed E-state index contributed by atoms with van der Waals surface area (Å²) >= 11 is 2.16. The fourth-order valence-electron chi connectivity index (χ4n) is 7.71.